The standard InChI is InChI=1S/C30H35Cl2N3O4S/c1-20(2)17-33-30(37)23(5)34(18-24-9-6-8-22(4)16-24)28(36)19-35(27-11-7-10-26(31)29(27)32)40(38,39)25-14-12-21(3)13-15-25/h6-16,20,23H,17-19H2,1-5H3,(H,33,37)/t23-/m1/s1. The Labute approximate surface area is 247 Å². The van der Waals surface area contributed by atoms with E-state index >= 15 is 0 Å². The van der Waals surface area contributed by atoms with E-state index in [0.29, 0.717) is 6.54 Å². The summed E-state index contributed by atoms with van der Waals surface area (Å²) < 4.78 is 28.8. The van der Waals surface area contributed by atoms with Gasteiger partial charge in [-0.3, -0.25) is 13.9 Å². The van der Waals surface area contributed by atoms with Crippen LogP contribution in [0.2, 0.25) is 10.0 Å². The molecule has 40 heavy (non-hydrogen) atoms. The highest BCUT2D eigenvalue weighted by Gasteiger charge is 2.33. The van der Waals surface area contributed by atoms with Crippen LogP contribution in [-0.4, -0.2) is 44.3 Å². The van der Waals surface area contributed by atoms with Gasteiger partial charge < -0.3 is 10.2 Å². The molecule has 10 heteroatoms. The summed E-state index contributed by atoms with van der Waals surface area (Å²) in [5.74, 6) is -0.680. The highest BCUT2D eigenvalue weighted by atomic mass is 35.5. The van der Waals surface area contributed by atoms with Crippen LogP contribution in [0.5, 0.6) is 0 Å². The molecule has 0 saturated heterocycles. The molecule has 0 unspecified atom stereocenters. The molecule has 214 valence electrons. The number of nitrogens with one attached hydrogen (secondary N) is 1. The van der Waals surface area contributed by atoms with Gasteiger partial charge in [0.05, 0.1) is 20.6 Å². The van der Waals surface area contributed by atoms with Crippen LogP contribution in [-0.2, 0) is 26.2 Å². The minimum atomic E-state index is -4.24. The van der Waals surface area contributed by atoms with Gasteiger partial charge in [-0.25, -0.2) is 8.42 Å². The van der Waals surface area contributed by atoms with E-state index in [4.69, 9.17) is 23.2 Å². The fourth-order valence-electron chi connectivity index (χ4n) is 4.08. The van der Waals surface area contributed by atoms with E-state index < -0.39 is 28.5 Å². The third-order valence-corrected chi connectivity index (χ3v) is 8.96. The topological polar surface area (TPSA) is 86.8 Å². The lowest BCUT2D eigenvalue weighted by atomic mass is 10.1. The summed E-state index contributed by atoms with van der Waals surface area (Å²) in [4.78, 5) is 28.5. The van der Waals surface area contributed by atoms with Crippen molar-refractivity contribution in [3.8, 4) is 0 Å². The van der Waals surface area contributed by atoms with Gasteiger partial charge in [-0.2, -0.15) is 0 Å². The quantitative estimate of drug-likeness (QED) is 0.291. The van der Waals surface area contributed by atoms with Gasteiger partial charge in [0.15, 0.2) is 0 Å². The van der Waals surface area contributed by atoms with E-state index in [1.165, 1.54) is 29.2 Å². The molecule has 1 N–H and O–H groups in total. The van der Waals surface area contributed by atoms with Gasteiger partial charge in [0.25, 0.3) is 10.0 Å². The van der Waals surface area contributed by atoms with Crippen molar-refractivity contribution in [1.29, 1.82) is 0 Å². The molecule has 0 aliphatic carbocycles. The van der Waals surface area contributed by atoms with Crippen molar-refractivity contribution >= 4 is 50.7 Å². The molecule has 0 spiro atoms. The number of hydrogen-bond acceptors (Lipinski definition) is 4. The number of halogens is 2. The molecular weight excluding hydrogens is 569 g/mol. The summed E-state index contributed by atoms with van der Waals surface area (Å²) in [6.45, 7) is 9.33. The van der Waals surface area contributed by atoms with Crippen LogP contribution >= 0.6 is 23.2 Å². The molecule has 0 heterocycles. The molecule has 3 aromatic rings. The van der Waals surface area contributed by atoms with Crippen molar-refractivity contribution in [2.75, 3.05) is 17.4 Å². The largest absolute Gasteiger partial charge is 0.354 e. The Kier molecular flexibility index (Phi) is 10.6. The maximum atomic E-state index is 14.0. The van der Waals surface area contributed by atoms with Gasteiger partial charge in [0.2, 0.25) is 11.8 Å². The fourth-order valence-corrected chi connectivity index (χ4v) is 5.95. The molecule has 3 rings (SSSR count). The van der Waals surface area contributed by atoms with Gasteiger partial charge >= 0.3 is 0 Å². The Morgan fingerprint density at radius 2 is 1.55 bits per heavy atom. The Morgan fingerprint density at radius 3 is 2.17 bits per heavy atom. The number of carbonyl (C=O) groups excluding carboxylic acids is 2. The SMILES string of the molecule is Cc1ccc(S(=O)(=O)N(CC(=O)N(Cc2cccc(C)c2)[C@H](C)C(=O)NCC(C)C)c2cccc(Cl)c2Cl)cc1. The van der Waals surface area contributed by atoms with Gasteiger partial charge in [-0.15, -0.1) is 0 Å². The number of carbonyl (C=O) groups is 2. The lowest BCUT2D eigenvalue weighted by molar-refractivity contribution is -0.139. The first-order valence-corrected chi connectivity index (χ1v) is 15.2. The Balaban J connectivity index is 2.06. The first kappa shape index (κ1) is 31.5. The molecule has 0 fully saturated rings. The van der Waals surface area contributed by atoms with Crippen molar-refractivity contribution in [3.63, 3.8) is 0 Å². The number of amides is 2. The number of hydrogen-bond donors (Lipinski definition) is 1. The van der Waals surface area contributed by atoms with Gasteiger partial charge in [0, 0.05) is 13.1 Å². The van der Waals surface area contributed by atoms with Crippen LogP contribution in [0, 0.1) is 19.8 Å². The minimum absolute atomic E-state index is 0.000567. The zero-order valence-corrected chi connectivity index (χ0v) is 25.6. The average Bonchev–Trinajstić information content (AvgIpc) is 2.90. The summed E-state index contributed by atoms with van der Waals surface area (Å²) in [5.41, 5.74) is 2.75. The van der Waals surface area contributed by atoms with Crippen LogP contribution < -0.4 is 9.62 Å². The number of aryl methyl sites for hydroxylation is 2. The fraction of sp³-hybridized carbons (Fsp3) is 0.333. The molecular formula is C30H35Cl2N3O4S. The highest BCUT2D eigenvalue weighted by molar-refractivity contribution is 7.92. The van der Waals surface area contributed by atoms with Gasteiger partial charge in [-0.1, -0.05) is 90.6 Å². The first-order valence-electron chi connectivity index (χ1n) is 13.0. The number of rotatable bonds is 11. The van der Waals surface area contributed by atoms with Crippen LogP contribution in [0.4, 0.5) is 5.69 Å². The van der Waals surface area contributed by atoms with Crippen LogP contribution in [0.1, 0.15) is 37.5 Å². The number of anilines is 1. The first-order chi connectivity index (χ1) is 18.8. The molecule has 0 bridgehead atoms. The highest BCUT2D eigenvalue weighted by Crippen LogP contribution is 2.35. The number of nitrogens with zero attached hydrogens (tertiary/aromatic N) is 2. The molecule has 7 nitrogen and oxygen atoms in total. The Morgan fingerprint density at radius 1 is 0.900 bits per heavy atom. The number of benzene rings is 3. The average molecular weight is 605 g/mol. The predicted molar refractivity (Wildman–Crippen MR) is 161 cm³/mol. The second kappa shape index (κ2) is 13.5. The van der Waals surface area contributed by atoms with Crippen molar-refractivity contribution in [2.24, 2.45) is 5.92 Å². The van der Waals surface area contributed by atoms with Crippen molar-refractivity contribution in [1.82, 2.24) is 10.2 Å². The molecule has 0 aliphatic heterocycles. The predicted octanol–water partition coefficient (Wildman–Crippen LogP) is 6.00. The summed E-state index contributed by atoms with van der Waals surface area (Å²) in [6.07, 6.45) is 0. The lowest BCUT2D eigenvalue weighted by Crippen LogP contribution is -2.51. The maximum absolute atomic E-state index is 14.0. The lowest BCUT2D eigenvalue weighted by Gasteiger charge is -2.32. The normalized spacial score (nSPS) is 12.2. The smallest absolute Gasteiger partial charge is 0.264 e. The summed E-state index contributed by atoms with van der Waals surface area (Å²) in [5, 5.41) is 3.02. The van der Waals surface area contributed by atoms with Crippen molar-refractivity contribution < 1.29 is 18.0 Å². The molecule has 0 radical (unpaired) electrons. The second-order valence-corrected chi connectivity index (χ2v) is 12.9. The monoisotopic (exact) mass is 603 g/mol. The molecule has 0 saturated carbocycles. The molecule has 1 atom stereocenters. The van der Waals surface area contributed by atoms with Crippen molar-refractivity contribution in [2.45, 2.75) is 52.1 Å². The Bertz CT molecular complexity index is 1460. The van der Waals surface area contributed by atoms with E-state index in [1.54, 1.807) is 25.1 Å². The zero-order valence-electron chi connectivity index (χ0n) is 23.3. The third kappa shape index (κ3) is 7.77. The summed E-state index contributed by atoms with van der Waals surface area (Å²) in [7, 11) is -4.24. The van der Waals surface area contributed by atoms with Crippen LogP contribution in [0.15, 0.2) is 71.6 Å². The number of sulfonamides is 1. The van der Waals surface area contributed by atoms with E-state index in [2.05, 4.69) is 5.32 Å². The maximum Gasteiger partial charge on any atom is 0.264 e. The van der Waals surface area contributed by atoms with Crippen LogP contribution in [0.25, 0.3) is 0 Å². The minimum Gasteiger partial charge on any atom is -0.354 e. The van der Waals surface area contributed by atoms with Gasteiger partial charge in [0.1, 0.15) is 12.6 Å². The zero-order chi connectivity index (χ0) is 29.6. The molecule has 3 aromatic carbocycles. The summed E-state index contributed by atoms with van der Waals surface area (Å²) >= 11 is 12.7. The van der Waals surface area contributed by atoms with E-state index in [0.717, 1.165) is 21.0 Å². The molecule has 2 amide bonds. The van der Waals surface area contributed by atoms with E-state index in [1.807, 2.05) is 52.0 Å². The van der Waals surface area contributed by atoms with Crippen LogP contribution in [0.3, 0.4) is 0 Å². The van der Waals surface area contributed by atoms with Gasteiger partial charge in [-0.05, 0) is 56.5 Å². The van der Waals surface area contributed by atoms with Crippen molar-refractivity contribution in [3.05, 3.63) is 93.5 Å². The van der Waals surface area contributed by atoms with E-state index in [-0.39, 0.29) is 39.0 Å². The van der Waals surface area contributed by atoms with E-state index in [9.17, 15) is 18.0 Å². The summed E-state index contributed by atoms with van der Waals surface area (Å²) in [6, 6.07) is 17.6. The molecule has 0 aliphatic rings. The third-order valence-electron chi connectivity index (χ3n) is 6.37. The molecule has 0 aromatic heterocycles. The second-order valence-electron chi connectivity index (χ2n) is 10.2. The Hall–Kier alpha value is -3.07.